The van der Waals surface area contributed by atoms with Gasteiger partial charge in [-0.15, -0.1) is 0 Å². The number of aromatic nitrogens is 5. The van der Waals surface area contributed by atoms with Crippen molar-refractivity contribution in [3.8, 4) is 0 Å². The predicted octanol–water partition coefficient (Wildman–Crippen LogP) is 2.58. The summed E-state index contributed by atoms with van der Waals surface area (Å²) in [4.78, 5) is 17.3. The van der Waals surface area contributed by atoms with Gasteiger partial charge in [-0.2, -0.15) is 0 Å². The lowest BCUT2D eigenvalue weighted by molar-refractivity contribution is 0.691. The van der Waals surface area contributed by atoms with Gasteiger partial charge in [-0.25, -0.2) is 15.0 Å². The summed E-state index contributed by atoms with van der Waals surface area (Å²) in [7, 11) is 0. The highest BCUT2D eigenvalue weighted by Gasteiger charge is 2.08. The molecule has 0 aliphatic carbocycles. The molecule has 20 heavy (non-hydrogen) atoms. The van der Waals surface area contributed by atoms with Crippen LogP contribution >= 0.6 is 11.8 Å². The van der Waals surface area contributed by atoms with Gasteiger partial charge in [0.05, 0.1) is 12.2 Å². The Morgan fingerprint density at radius 3 is 2.80 bits per heavy atom. The Kier molecular flexibility index (Phi) is 3.73. The molecule has 3 aromatic rings. The zero-order valence-electron chi connectivity index (χ0n) is 11.0. The Balaban J connectivity index is 1.80. The SMILES string of the molecule is Cc1ccnc(Sc2nccn2Cc2ccccn2)n1. The van der Waals surface area contributed by atoms with E-state index >= 15 is 0 Å². The molecule has 5 nitrogen and oxygen atoms in total. The van der Waals surface area contributed by atoms with Crippen molar-refractivity contribution in [1.82, 2.24) is 24.5 Å². The van der Waals surface area contributed by atoms with Gasteiger partial charge in [0.2, 0.25) is 0 Å². The van der Waals surface area contributed by atoms with Crippen LogP contribution < -0.4 is 0 Å². The normalized spacial score (nSPS) is 10.7. The van der Waals surface area contributed by atoms with Crippen LogP contribution in [0.4, 0.5) is 0 Å². The summed E-state index contributed by atoms with van der Waals surface area (Å²) in [5.41, 5.74) is 1.95. The molecule has 0 N–H and O–H groups in total. The first-order valence-corrected chi connectivity index (χ1v) is 7.01. The van der Waals surface area contributed by atoms with E-state index < -0.39 is 0 Å². The number of imidazole rings is 1. The van der Waals surface area contributed by atoms with Crippen LogP contribution in [0, 0.1) is 6.92 Å². The van der Waals surface area contributed by atoms with Crippen LogP contribution in [0.5, 0.6) is 0 Å². The standard InChI is InChI=1S/C14H13N5S/c1-11-5-7-16-13(18-11)20-14-17-8-9-19(14)10-12-4-2-3-6-15-12/h2-9H,10H2,1H3. The minimum Gasteiger partial charge on any atom is -0.320 e. The molecule has 0 spiro atoms. The summed E-state index contributed by atoms with van der Waals surface area (Å²) in [6, 6.07) is 7.77. The van der Waals surface area contributed by atoms with Crippen molar-refractivity contribution >= 4 is 11.8 Å². The van der Waals surface area contributed by atoms with Crippen molar-refractivity contribution in [1.29, 1.82) is 0 Å². The maximum absolute atomic E-state index is 4.38. The number of pyridine rings is 1. The number of nitrogens with zero attached hydrogens (tertiary/aromatic N) is 5. The molecule has 0 aliphatic rings. The van der Waals surface area contributed by atoms with E-state index in [0.29, 0.717) is 11.7 Å². The zero-order valence-corrected chi connectivity index (χ0v) is 11.8. The molecule has 0 fully saturated rings. The smallest absolute Gasteiger partial charge is 0.195 e. The first-order chi connectivity index (χ1) is 9.81. The molecule has 0 saturated carbocycles. The summed E-state index contributed by atoms with van der Waals surface area (Å²) in [5.74, 6) is 0. The minimum absolute atomic E-state index is 0.689. The fourth-order valence-electron chi connectivity index (χ4n) is 1.74. The number of aryl methyl sites for hydroxylation is 1. The largest absolute Gasteiger partial charge is 0.320 e. The molecule has 0 saturated heterocycles. The third-order valence-corrected chi connectivity index (χ3v) is 3.59. The Labute approximate surface area is 121 Å². The molecule has 3 heterocycles. The Morgan fingerprint density at radius 2 is 2.00 bits per heavy atom. The van der Waals surface area contributed by atoms with Gasteiger partial charge in [-0.05, 0) is 36.9 Å². The van der Waals surface area contributed by atoms with E-state index in [1.807, 2.05) is 42.0 Å². The van der Waals surface area contributed by atoms with Gasteiger partial charge >= 0.3 is 0 Å². The van der Waals surface area contributed by atoms with E-state index in [-0.39, 0.29) is 0 Å². The fraction of sp³-hybridized carbons (Fsp3) is 0.143. The average Bonchev–Trinajstić information content (AvgIpc) is 2.87. The monoisotopic (exact) mass is 283 g/mol. The lowest BCUT2D eigenvalue weighted by atomic mass is 10.3. The van der Waals surface area contributed by atoms with E-state index in [0.717, 1.165) is 16.5 Å². The zero-order chi connectivity index (χ0) is 13.8. The fourth-order valence-corrected chi connectivity index (χ4v) is 2.57. The van der Waals surface area contributed by atoms with Crippen LogP contribution in [0.3, 0.4) is 0 Å². The highest BCUT2D eigenvalue weighted by Crippen LogP contribution is 2.23. The van der Waals surface area contributed by atoms with Gasteiger partial charge in [0.25, 0.3) is 0 Å². The maximum Gasteiger partial charge on any atom is 0.195 e. The van der Waals surface area contributed by atoms with Gasteiger partial charge in [0.1, 0.15) is 0 Å². The second kappa shape index (κ2) is 5.83. The lowest BCUT2D eigenvalue weighted by Crippen LogP contribution is -2.02. The van der Waals surface area contributed by atoms with Gasteiger partial charge < -0.3 is 4.57 Å². The van der Waals surface area contributed by atoms with Crippen LogP contribution in [0.2, 0.25) is 0 Å². The minimum atomic E-state index is 0.689. The summed E-state index contributed by atoms with van der Waals surface area (Å²) in [6.07, 6.45) is 7.27. The Morgan fingerprint density at radius 1 is 1.05 bits per heavy atom. The predicted molar refractivity (Wildman–Crippen MR) is 76.5 cm³/mol. The van der Waals surface area contributed by atoms with Crippen molar-refractivity contribution < 1.29 is 0 Å². The molecule has 0 amide bonds. The second-order valence-corrected chi connectivity index (χ2v) is 5.18. The van der Waals surface area contributed by atoms with E-state index in [1.54, 1.807) is 18.6 Å². The Hall–Kier alpha value is -2.21. The number of rotatable bonds is 4. The highest BCUT2D eigenvalue weighted by atomic mass is 32.2. The van der Waals surface area contributed by atoms with Crippen molar-refractivity contribution in [2.24, 2.45) is 0 Å². The van der Waals surface area contributed by atoms with Crippen LogP contribution in [0.25, 0.3) is 0 Å². The summed E-state index contributed by atoms with van der Waals surface area (Å²) in [6.45, 7) is 2.64. The van der Waals surface area contributed by atoms with Crippen molar-refractivity contribution in [3.63, 3.8) is 0 Å². The third-order valence-electron chi connectivity index (χ3n) is 2.69. The molecular weight excluding hydrogens is 270 g/mol. The molecule has 0 aliphatic heterocycles. The number of hydrogen-bond acceptors (Lipinski definition) is 5. The molecular formula is C14H13N5S. The van der Waals surface area contributed by atoms with Gasteiger partial charge in [-0.1, -0.05) is 6.07 Å². The van der Waals surface area contributed by atoms with Crippen molar-refractivity contribution in [2.75, 3.05) is 0 Å². The lowest BCUT2D eigenvalue weighted by Gasteiger charge is -2.06. The van der Waals surface area contributed by atoms with Crippen molar-refractivity contribution in [3.05, 3.63) is 60.4 Å². The van der Waals surface area contributed by atoms with Crippen LogP contribution in [-0.2, 0) is 6.54 Å². The van der Waals surface area contributed by atoms with Gasteiger partial charge in [-0.3, -0.25) is 4.98 Å². The second-order valence-electron chi connectivity index (χ2n) is 4.24. The van der Waals surface area contributed by atoms with E-state index in [2.05, 4.69) is 19.9 Å². The van der Waals surface area contributed by atoms with Gasteiger partial charge in [0, 0.05) is 30.5 Å². The topological polar surface area (TPSA) is 56.5 Å². The highest BCUT2D eigenvalue weighted by molar-refractivity contribution is 7.99. The first kappa shape index (κ1) is 12.8. The molecule has 0 radical (unpaired) electrons. The van der Waals surface area contributed by atoms with Crippen LogP contribution in [0.15, 0.2) is 59.4 Å². The van der Waals surface area contributed by atoms with Crippen LogP contribution in [0.1, 0.15) is 11.4 Å². The summed E-state index contributed by atoms with van der Waals surface area (Å²) < 4.78 is 2.04. The molecule has 3 rings (SSSR count). The first-order valence-electron chi connectivity index (χ1n) is 6.20. The van der Waals surface area contributed by atoms with Gasteiger partial charge in [0.15, 0.2) is 10.3 Å². The quantitative estimate of drug-likeness (QED) is 0.689. The molecule has 0 bridgehead atoms. The average molecular weight is 283 g/mol. The molecule has 0 atom stereocenters. The molecule has 0 unspecified atom stereocenters. The Bertz CT molecular complexity index is 696. The molecule has 0 aromatic carbocycles. The summed E-state index contributed by atoms with van der Waals surface area (Å²) >= 11 is 1.46. The maximum atomic E-state index is 4.38. The molecule has 6 heteroatoms. The molecule has 3 aromatic heterocycles. The van der Waals surface area contributed by atoms with E-state index in [4.69, 9.17) is 0 Å². The third kappa shape index (κ3) is 3.03. The molecule has 100 valence electrons. The van der Waals surface area contributed by atoms with E-state index in [9.17, 15) is 0 Å². The van der Waals surface area contributed by atoms with Crippen LogP contribution in [-0.4, -0.2) is 24.5 Å². The number of hydrogen-bond donors (Lipinski definition) is 0. The van der Waals surface area contributed by atoms with Crippen molar-refractivity contribution in [2.45, 2.75) is 23.8 Å². The summed E-state index contributed by atoms with van der Waals surface area (Å²) in [5, 5.41) is 1.57. The van der Waals surface area contributed by atoms with E-state index in [1.165, 1.54) is 11.8 Å².